The van der Waals surface area contributed by atoms with Crippen molar-refractivity contribution in [1.82, 2.24) is 28.7 Å². The predicted octanol–water partition coefficient (Wildman–Crippen LogP) is 1.58. The van der Waals surface area contributed by atoms with Gasteiger partial charge < -0.3 is 14.2 Å². The number of nitrogens with zero attached hydrogens (tertiary/aromatic N) is 5. The van der Waals surface area contributed by atoms with Crippen LogP contribution in [0.3, 0.4) is 0 Å². The van der Waals surface area contributed by atoms with Gasteiger partial charge in [-0.25, -0.2) is 9.78 Å². The number of amides is 1. The number of aliphatic hydroxyl groups is 1. The molecule has 3 rings (SSSR count). The van der Waals surface area contributed by atoms with E-state index < -0.39 is 6.72 Å². The van der Waals surface area contributed by atoms with Crippen LogP contribution in [0.25, 0.3) is 11.2 Å². The first-order valence-electron chi connectivity index (χ1n) is 12.0. The van der Waals surface area contributed by atoms with E-state index in [0.29, 0.717) is 37.2 Å². The van der Waals surface area contributed by atoms with Crippen LogP contribution in [0.1, 0.15) is 25.2 Å². The fraction of sp³-hybridized carbons (Fsp3) is 0.500. The van der Waals surface area contributed by atoms with Gasteiger partial charge in [-0.05, 0) is 18.4 Å². The number of nitrogens with one attached hydrogen (secondary N) is 1. The first-order chi connectivity index (χ1) is 18.0. The minimum absolute atomic E-state index is 0.0889. The lowest BCUT2D eigenvalue weighted by molar-refractivity contribution is -0.117. The summed E-state index contributed by atoms with van der Waals surface area (Å²) in [5, 5.41) is 11.5. The summed E-state index contributed by atoms with van der Waals surface area (Å²) in [6.07, 6.45) is 2.18. The molecule has 38 heavy (non-hydrogen) atoms. The summed E-state index contributed by atoms with van der Waals surface area (Å²) < 4.78 is 20.2. The van der Waals surface area contributed by atoms with Gasteiger partial charge in [-0.3, -0.25) is 33.3 Å². The minimum Gasteiger partial charge on any atom is -0.395 e. The van der Waals surface area contributed by atoms with Crippen LogP contribution in [-0.2, 0) is 40.9 Å². The van der Waals surface area contributed by atoms with Crippen LogP contribution in [0.5, 0.6) is 0 Å². The quantitative estimate of drug-likeness (QED) is 0.330. The number of hydrogen-bond donors (Lipinski definition) is 2. The largest absolute Gasteiger partial charge is 0.395 e. The van der Waals surface area contributed by atoms with Crippen LogP contribution in [0.4, 0.5) is 0 Å². The third-order valence-electron chi connectivity index (χ3n) is 5.91. The van der Waals surface area contributed by atoms with Crippen LogP contribution in [-0.4, -0.2) is 74.2 Å². The van der Waals surface area contributed by atoms with Crippen molar-refractivity contribution in [2.75, 3.05) is 39.6 Å². The fourth-order valence-electron chi connectivity index (χ4n) is 3.82. The number of likely N-dealkylation sites (N-methyl/N-ethyl adjacent to an activating group) is 1. The zero-order valence-electron chi connectivity index (χ0n) is 22.7. The molecule has 1 aromatic carbocycles. The molecule has 1 amide bonds. The van der Waals surface area contributed by atoms with Crippen LogP contribution in [0, 0.1) is 0 Å². The number of aliphatic hydroxyl groups excluding tert-OH is 1. The van der Waals surface area contributed by atoms with Gasteiger partial charge in [0.05, 0.1) is 6.61 Å². The lowest BCUT2D eigenvalue weighted by atomic mass is 10.1. The number of rotatable bonds is 11. The number of carbonyl (C=O) groups excluding carboxylic acids is 1. The molecule has 0 radical (unpaired) electrons. The number of fused-ring (bicyclic) bond motifs is 1. The van der Waals surface area contributed by atoms with Gasteiger partial charge in [-0.15, -0.1) is 0 Å². The Hall–Kier alpha value is -2.70. The van der Waals surface area contributed by atoms with Gasteiger partial charge in [0.1, 0.15) is 5.82 Å². The molecule has 2 N–H and O–H groups in total. The van der Waals surface area contributed by atoms with Crippen LogP contribution < -0.4 is 16.3 Å². The Balaban J connectivity index is 0.000000432. The molecule has 0 fully saturated rings. The maximum Gasteiger partial charge on any atom is 0.352 e. The molecular formula is C24H37N6O6PS. The molecule has 1 unspecified atom stereocenters. The second kappa shape index (κ2) is 14.5. The number of carbonyl (C=O) groups is 1. The maximum absolute atomic E-state index is 12.9. The Labute approximate surface area is 225 Å². The Morgan fingerprint density at radius 2 is 1.84 bits per heavy atom. The first kappa shape index (κ1) is 31.5. The highest BCUT2D eigenvalue weighted by molar-refractivity contribution is 8.55. The van der Waals surface area contributed by atoms with Gasteiger partial charge in [0, 0.05) is 54.2 Å². The molecule has 0 bridgehead atoms. The van der Waals surface area contributed by atoms with E-state index in [9.17, 15) is 24.1 Å². The lowest BCUT2D eigenvalue weighted by Gasteiger charge is -2.20. The average Bonchev–Trinajstić information content (AvgIpc) is 3.27. The van der Waals surface area contributed by atoms with Gasteiger partial charge in [-0.2, -0.15) is 0 Å². The van der Waals surface area contributed by atoms with Crippen LogP contribution in [0.2, 0.25) is 0 Å². The second-order valence-electron chi connectivity index (χ2n) is 8.41. The highest BCUT2D eigenvalue weighted by Crippen LogP contribution is 2.53. The summed E-state index contributed by atoms with van der Waals surface area (Å²) in [7, 11) is 4.42. The van der Waals surface area contributed by atoms with Crippen molar-refractivity contribution in [3.05, 3.63) is 62.6 Å². The summed E-state index contributed by atoms with van der Waals surface area (Å²) in [6.45, 7) is 3.11. The summed E-state index contributed by atoms with van der Waals surface area (Å²) in [4.78, 5) is 42.4. The number of aryl methyl sites for hydroxylation is 1. The van der Waals surface area contributed by atoms with Gasteiger partial charge in [-0.1, -0.05) is 48.6 Å². The number of hydrogen-bond acceptors (Lipinski definition) is 9. The highest BCUT2D eigenvalue weighted by Gasteiger charge is 2.21. The van der Waals surface area contributed by atoms with E-state index in [2.05, 4.69) is 19.5 Å². The smallest absolute Gasteiger partial charge is 0.352 e. The second-order valence-corrected chi connectivity index (χ2v) is 12.9. The highest BCUT2D eigenvalue weighted by atomic mass is 32.7. The maximum atomic E-state index is 12.9. The molecule has 2 aromatic heterocycles. The summed E-state index contributed by atoms with van der Waals surface area (Å²) in [5.41, 5.74) is 1.21. The van der Waals surface area contributed by atoms with Gasteiger partial charge >= 0.3 is 12.4 Å². The van der Waals surface area contributed by atoms with Crippen LogP contribution >= 0.6 is 18.1 Å². The molecule has 3 aromatic rings. The normalized spacial score (nSPS) is 12.7. The van der Waals surface area contributed by atoms with Crippen molar-refractivity contribution in [2.45, 2.75) is 26.8 Å². The molecule has 0 aliphatic rings. The number of aromatic nitrogens is 4. The van der Waals surface area contributed by atoms with E-state index >= 15 is 0 Å². The van der Waals surface area contributed by atoms with E-state index in [1.54, 1.807) is 13.3 Å². The Bertz CT molecular complexity index is 1380. The molecular weight excluding hydrogens is 531 g/mol. The van der Waals surface area contributed by atoms with E-state index in [4.69, 9.17) is 0 Å². The van der Waals surface area contributed by atoms with Crippen molar-refractivity contribution < 1.29 is 19.0 Å². The lowest BCUT2D eigenvalue weighted by Crippen LogP contribution is -2.38. The molecule has 210 valence electrons. The molecule has 0 aliphatic carbocycles. The summed E-state index contributed by atoms with van der Waals surface area (Å²) in [5.74, 6) is 0.402. The Kier molecular flexibility index (Phi) is 12.0. The third-order valence-corrected chi connectivity index (χ3v) is 9.62. The molecule has 1 atom stereocenters. The zero-order valence-corrected chi connectivity index (χ0v) is 24.4. The van der Waals surface area contributed by atoms with Gasteiger partial charge in [0.15, 0.2) is 11.2 Å². The Morgan fingerprint density at radius 1 is 1.18 bits per heavy atom. The number of benzene rings is 1. The molecule has 12 nitrogen and oxygen atoms in total. The Morgan fingerprint density at radius 3 is 2.34 bits per heavy atom. The topological polar surface area (TPSA) is 141 Å². The molecule has 0 saturated heterocycles. The molecule has 14 heteroatoms. The van der Waals surface area contributed by atoms with Crippen molar-refractivity contribution in [3.8, 4) is 0 Å². The minimum atomic E-state index is -2.92. The monoisotopic (exact) mass is 568 g/mol. The van der Waals surface area contributed by atoms with Crippen molar-refractivity contribution in [3.63, 3.8) is 0 Å². The van der Waals surface area contributed by atoms with E-state index in [1.807, 2.05) is 41.8 Å². The van der Waals surface area contributed by atoms with E-state index in [-0.39, 0.29) is 23.8 Å². The summed E-state index contributed by atoms with van der Waals surface area (Å²) in [6, 6.07) is 9.93. The average molecular weight is 569 g/mol. The molecule has 2 heterocycles. The summed E-state index contributed by atoms with van der Waals surface area (Å²) >= 11 is 1.00. The molecule has 0 aliphatic heterocycles. The van der Waals surface area contributed by atoms with Gasteiger partial charge in [0.25, 0.3) is 5.56 Å². The van der Waals surface area contributed by atoms with Crippen molar-refractivity contribution in [2.24, 2.45) is 14.1 Å². The van der Waals surface area contributed by atoms with E-state index in [1.165, 1.54) is 25.6 Å². The zero-order chi connectivity index (χ0) is 28.5. The third kappa shape index (κ3) is 7.90. The van der Waals surface area contributed by atoms with Crippen molar-refractivity contribution >= 4 is 35.2 Å². The molecule has 0 spiro atoms. The van der Waals surface area contributed by atoms with E-state index in [0.717, 1.165) is 33.9 Å². The number of imidazole rings is 1. The SMILES string of the molecule is CCN(CCO)CCn1c(Cc2ccccc2)nc2c1c(=O)n(C)c(=O)n2C.COP(=O)(NC(C)=O)SC. The molecule has 0 saturated carbocycles. The van der Waals surface area contributed by atoms with Crippen LogP contribution in [0.15, 0.2) is 39.9 Å². The standard InChI is InChI=1S/C20H27N5O3.C4H10NO3PS/c1-4-24(12-13-26)10-11-25-16(14-15-8-6-5-7-9-15)21-18-17(25)19(27)23(3)20(28)22(18)2;1-4(6)5-9(7,8-2)10-3/h5-9,26H,4,10-14H2,1-3H3;1-3H3,(H,5,6,7). The first-order valence-corrected chi connectivity index (χ1v) is 15.5. The predicted molar refractivity (Wildman–Crippen MR) is 151 cm³/mol. The van der Waals surface area contributed by atoms with Gasteiger partial charge in [0.2, 0.25) is 5.91 Å². The van der Waals surface area contributed by atoms with Crippen molar-refractivity contribution in [1.29, 1.82) is 0 Å². The fourth-order valence-corrected chi connectivity index (χ4v) is 5.64.